The number of urea groups is 1. The Kier molecular flexibility index (Phi) is 6.35. The number of hydrogen-bond donors (Lipinski definition) is 1. The van der Waals surface area contributed by atoms with Gasteiger partial charge in [0.15, 0.2) is 5.76 Å². The minimum atomic E-state index is -0.144. The molecule has 2 aromatic rings. The van der Waals surface area contributed by atoms with Gasteiger partial charge in [-0.05, 0) is 36.8 Å². The van der Waals surface area contributed by atoms with Gasteiger partial charge in [0.1, 0.15) is 0 Å². The van der Waals surface area contributed by atoms with Gasteiger partial charge in [-0.2, -0.15) is 0 Å². The third-order valence-electron chi connectivity index (χ3n) is 5.82. The predicted octanol–water partition coefficient (Wildman–Crippen LogP) is 2.66. The second kappa shape index (κ2) is 9.32. The summed E-state index contributed by atoms with van der Waals surface area (Å²) >= 11 is 0. The number of ether oxygens (including phenoxy) is 1. The molecule has 0 bridgehead atoms. The first-order chi connectivity index (χ1) is 14.6. The van der Waals surface area contributed by atoms with Gasteiger partial charge in [0, 0.05) is 51.0 Å². The normalized spacial score (nSPS) is 18.8. The fourth-order valence-electron chi connectivity index (χ4n) is 3.89. The minimum absolute atomic E-state index is 0.134. The first kappa shape index (κ1) is 20.4. The molecule has 2 fully saturated rings. The molecule has 0 radical (unpaired) electrons. The predicted molar refractivity (Wildman–Crippen MR) is 112 cm³/mol. The monoisotopic (exact) mass is 412 g/mol. The number of carbonyl (C=O) groups excluding carboxylic acids is 2. The average molecular weight is 412 g/mol. The summed E-state index contributed by atoms with van der Waals surface area (Å²) in [6.45, 7) is 7.59. The summed E-state index contributed by atoms with van der Waals surface area (Å²) in [5.74, 6) is 0.198. The summed E-state index contributed by atoms with van der Waals surface area (Å²) in [7, 11) is 0. The van der Waals surface area contributed by atoms with Crippen molar-refractivity contribution in [1.29, 1.82) is 0 Å². The SMILES string of the molecule is CC(c1ccc(NC(=O)N2CCN(C(=O)c3ccco3)CC2)cc1)N1CCOCC1. The fourth-order valence-corrected chi connectivity index (χ4v) is 3.89. The molecule has 0 spiro atoms. The molecular weight excluding hydrogens is 384 g/mol. The number of furan rings is 1. The fraction of sp³-hybridized carbons (Fsp3) is 0.455. The van der Waals surface area contributed by atoms with Crippen LogP contribution >= 0.6 is 0 Å². The van der Waals surface area contributed by atoms with Crippen molar-refractivity contribution >= 4 is 17.6 Å². The molecule has 1 N–H and O–H groups in total. The minimum Gasteiger partial charge on any atom is -0.459 e. The van der Waals surface area contributed by atoms with E-state index < -0.39 is 0 Å². The molecule has 3 heterocycles. The zero-order valence-electron chi connectivity index (χ0n) is 17.3. The summed E-state index contributed by atoms with van der Waals surface area (Å²) in [4.78, 5) is 30.8. The molecule has 8 nitrogen and oxygen atoms in total. The molecule has 30 heavy (non-hydrogen) atoms. The van der Waals surface area contributed by atoms with Crippen LogP contribution in [-0.2, 0) is 4.74 Å². The number of amides is 3. The molecule has 2 saturated heterocycles. The van der Waals surface area contributed by atoms with Crippen LogP contribution < -0.4 is 5.32 Å². The van der Waals surface area contributed by atoms with Crippen molar-refractivity contribution in [2.24, 2.45) is 0 Å². The Labute approximate surface area is 176 Å². The summed E-state index contributed by atoms with van der Waals surface area (Å²) in [6.07, 6.45) is 1.49. The van der Waals surface area contributed by atoms with Crippen molar-refractivity contribution in [2.75, 3.05) is 57.8 Å². The molecule has 1 atom stereocenters. The van der Waals surface area contributed by atoms with Crippen LogP contribution in [0.5, 0.6) is 0 Å². The van der Waals surface area contributed by atoms with Gasteiger partial charge in [-0.25, -0.2) is 4.79 Å². The van der Waals surface area contributed by atoms with Crippen molar-refractivity contribution in [2.45, 2.75) is 13.0 Å². The van der Waals surface area contributed by atoms with Gasteiger partial charge in [0.05, 0.1) is 19.5 Å². The zero-order chi connectivity index (χ0) is 20.9. The Balaban J connectivity index is 1.27. The van der Waals surface area contributed by atoms with E-state index in [1.165, 1.54) is 11.8 Å². The van der Waals surface area contributed by atoms with Gasteiger partial charge in [0.25, 0.3) is 5.91 Å². The van der Waals surface area contributed by atoms with Crippen molar-refractivity contribution in [3.63, 3.8) is 0 Å². The summed E-state index contributed by atoms with van der Waals surface area (Å²) in [5.41, 5.74) is 1.99. The van der Waals surface area contributed by atoms with E-state index in [-0.39, 0.29) is 11.9 Å². The van der Waals surface area contributed by atoms with Crippen molar-refractivity contribution in [1.82, 2.24) is 14.7 Å². The molecule has 8 heteroatoms. The van der Waals surface area contributed by atoms with E-state index in [2.05, 4.69) is 29.3 Å². The third kappa shape index (κ3) is 4.66. The van der Waals surface area contributed by atoms with E-state index in [0.717, 1.165) is 32.0 Å². The van der Waals surface area contributed by atoms with Crippen LogP contribution in [0, 0.1) is 0 Å². The van der Waals surface area contributed by atoms with Crippen molar-refractivity contribution in [3.05, 3.63) is 54.0 Å². The van der Waals surface area contributed by atoms with Crippen LogP contribution in [0.15, 0.2) is 47.1 Å². The molecule has 1 aromatic heterocycles. The smallest absolute Gasteiger partial charge is 0.321 e. The number of piperazine rings is 1. The Hall–Kier alpha value is -2.84. The van der Waals surface area contributed by atoms with E-state index >= 15 is 0 Å². The zero-order valence-corrected chi connectivity index (χ0v) is 17.3. The van der Waals surface area contributed by atoms with Gasteiger partial charge >= 0.3 is 6.03 Å². The molecule has 2 aliphatic heterocycles. The largest absolute Gasteiger partial charge is 0.459 e. The van der Waals surface area contributed by atoms with Crippen LogP contribution in [0.3, 0.4) is 0 Å². The lowest BCUT2D eigenvalue weighted by Crippen LogP contribution is -2.51. The maximum atomic E-state index is 12.6. The Bertz CT molecular complexity index is 839. The highest BCUT2D eigenvalue weighted by molar-refractivity contribution is 5.92. The number of nitrogens with zero attached hydrogens (tertiary/aromatic N) is 3. The number of morpholine rings is 1. The Morgan fingerprint density at radius 3 is 2.23 bits per heavy atom. The van der Waals surface area contributed by atoms with Crippen LogP contribution in [0.25, 0.3) is 0 Å². The highest BCUT2D eigenvalue weighted by Gasteiger charge is 2.26. The molecule has 160 valence electrons. The molecule has 1 aromatic carbocycles. The van der Waals surface area contributed by atoms with E-state index in [9.17, 15) is 9.59 Å². The summed E-state index contributed by atoms with van der Waals surface area (Å²) in [6, 6.07) is 11.6. The van der Waals surface area contributed by atoms with Gasteiger partial charge in [-0.15, -0.1) is 0 Å². The highest BCUT2D eigenvalue weighted by atomic mass is 16.5. The lowest BCUT2D eigenvalue weighted by Gasteiger charge is -2.34. The van der Waals surface area contributed by atoms with Crippen LogP contribution in [0.2, 0.25) is 0 Å². The van der Waals surface area contributed by atoms with Gasteiger partial charge in [-0.3, -0.25) is 9.69 Å². The van der Waals surface area contributed by atoms with Crippen molar-refractivity contribution < 1.29 is 18.7 Å². The maximum Gasteiger partial charge on any atom is 0.321 e. The lowest BCUT2D eigenvalue weighted by atomic mass is 10.1. The van der Waals surface area contributed by atoms with Gasteiger partial charge in [0.2, 0.25) is 0 Å². The van der Waals surface area contributed by atoms with Crippen molar-refractivity contribution in [3.8, 4) is 0 Å². The second-order valence-corrected chi connectivity index (χ2v) is 7.63. The molecule has 0 aliphatic carbocycles. The molecule has 4 rings (SSSR count). The highest BCUT2D eigenvalue weighted by Crippen LogP contribution is 2.23. The van der Waals surface area contributed by atoms with E-state index in [4.69, 9.17) is 9.15 Å². The first-order valence-electron chi connectivity index (χ1n) is 10.4. The summed E-state index contributed by atoms with van der Waals surface area (Å²) in [5, 5.41) is 2.96. The topological polar surface area (TPSA) is 78.3 Å². The third-order valence-corrected chi connectivity index (χ3v) is 5.82. The van der Waals surface area contributed by atoms with Crippen LogP contribution in [-0.4, -0.2) is 79.1 Å². The molecule has 1 unspecified atom stereocenters. The number of rotatable bonds is 4. The summed E-state index contributed by atoms with van der Waals surface area (Å²) < 4.78 is 10.6. The number of nitrogens with one attached hydrogen (secondary N) is 1. The quantitative estimate of drug-likeness (QED) is 0.835. The lowest BCUT2D eigenvalue weighted by molar-refractivity contribution is 0.0198. The van der Waals surface area contributed by atoms with E-state index in [0.29, 0.717) is 38.0 Å². The van der Waals surface area contributed by atoms with Crippen LogP contribution in [0.1, 0.15) is 29.1 Å². The van der Waals surface area contributed by atoms with Gasteiger partial charge < -0.3 is 24.3 Å². The average Bonchev–Trinajstić information content (AvgIpc) is 3.34. The van der Waals surface area contributed by atoms with Crippen LogP contribution in [0.4, 0.5) is 10.5 Å². The Morgan fingerprint density at radius 2 is 1.60 bits per heavy atom. The molecular formula is C22H28N4O4. The number of anilines is 1. The second-order valence-electron chi connectivity index (χ2n) is 7.63. The number of benzene rings is 1. The Morgan fingerprint density at radius 1 is 0.933 bits per heavy atom. The standard InChI is InChI=1S/C22H28N4O4/c1-17(24-12-15-29-16-13-24)18-4-6-19(7-5-18)23-22(28)26-10-8-25(9-11-26)21(27)20-3-2-14-30-20/h2-7,14,17H,8-13,15-16H2,1H3,(H,23,28). The molecule has 3 amide bonds. The number of hydrogen-bond acceptors (Lipinski definition) is 5. The first-order valence-corrected chi connectivity index (χ1v) is 10.4. The molecule has 2 aliphatic rings. The maximum absolute atomic E-state index is 12.6. The van der Waals surface area contributed by atoms with E-state index in [1.807, 2.05) is 12.1 Å². The molecule has 0 saturated carbocycles. The van der Waals surface area contributed by atoms with Gasteiger partial charge in [-0.1, -0.05) is 12.1 Å². The van der Waals surface area contributed by atoms with E-state index in [1.54, 1.807) is 21.9 Å². The number of carbonyl (C=O) groups is 2.